The fraction of sp³-hybridized carbons (Fsp3) is 0.533. The Morgan fingerprint density at radius 3 is 2.58 bits per heavy atom. The highest BCUT2D eigenvalue weighted by molar-refractivity contribution is 6.81. The van der Waals surface area contributed by atoms with E-state index in [-0.39, 0.29) is 0 Å². The van der Waals surface area contributed by atoms with E-state index in [4.69, 9.17) is 0 Å². The molecule has 0 N–H and O–H groups in total. The van der Waals surface area contributed by atoms with E-state index in [1.165, 1.54) is 48.4 Å². The topological polar surface area (TPSA) is 0 Å². The van der Waals surface area contributed by atoms with Crippen LogP contribution in [-0.4, -0.2) is 8.07 Å². The monoisotopic (exact) mass is 428 g/mol. The fourth-order valence-electron chi connectivity index (χ4n) is 7.88. The highest BCUT2D eigenvalue weighted by Crippen LogP contribution is 2.61. The van der Waals surface area contributed by atoms with Crippen molar-refractivity contribution in [2.75, 3.05) is 0 Å². The van der Waals surface area contributed by atoms with Crippen LogP contribution in [0.4, 0.5) is 0 Å². The van der Waals surface area contributed by atoms with Crippen LogP contribution in [0.15, 0.2) is 60.7 Å². The van der Waals surface area contributed by atoms with E-state index < -0.39 is 8.07 Å². The van der Waals surface area contributed by atoms with E-state index in [1.807, 2.05) is 0 Å². The Morgan fingerprint density at radius 1 is 1.00 bits per heavy atom. The summed E-state index contributed by atoms with van der Waals surface area (Å²) in [5.41, 5.74) is 4.11. The van der Waals surface area contributed by atoms with E-state index in [2.05, 4.69) is 81.5 Å². The highest BCUT2D eigenvalue weighted by atomic mass is 28.3. The molecule has 1 heteroatoms. The van der Waals surface area contributed by atoms with Gasteiger partial charge in [-0.2, -0.15) is 0 Å². The van der Waals surface area contributed by atoms with Gasteiger partial charge in [-0.25, -0.2) is 0 Å². The minimum Gasteiger partial charge on any atom is -0.0808 e. The molecule has 1 aliphatic heterocycles. The molecule has 1 saturated carbocycles. The van der Waals surface area contributed by atoms with Crippen molar-refractivity contribution in [3.8, 4) is 0 Å². The third-order valence-corrected chi connectivity index (χ3v) is 15.8. The molecule has 0 nitrogen and oxygen atoms in total. The Morgan fingerprint density at radius 2 is 1.77 bits per heavy atom. The van der Waals surface area contributed by atoms with Crippen molar-refractivity contribution in [1.82, 2.24) is 0 Å². The van der Waals surface area contributed by atoms with Gasteiger partial charge in [-0.05, 0) is 57.5 Å². The molecule has 1 heterocycles. The van der Waals surface area contributed by atoms with Crippen LogP contribution in [0.2, 0.25) is 23.7 Å². The molecule has 2 aromatic carbocycles. The lowest BCUT2D eigenvalue weighted by atomic mass is 9.80. The first-order valence-electron chi connectivity index (χ1n) is 13.0. The summed E-state index contributed by atoms with van der Waals surface area (Å²) in [4.78, 5) is 0. The van der Waals surface area contributed by atoms with Gasteiger partial charge in [0.15, 0.2) is 0 Å². The number of fused-ring (bicyclic) bond motifs is 2. The minimum absolute atomic E-state index is 0.721. The van der Waals surface area contributed by atoms with Crippen molar-refractivity contribution in [3.05, 3.63) is 66.3 Å². The lowest BCUT2D eigenvalue weighted by molar-refractivity contribution is 0.508. The van der Waals surface area contributed by atoms with Gasteiger partial charge in [-0.3, -0.25) is 0 Å². The van der Waals surface area contributed by atoms with E-state index in [0.717, 1.165) is 29.2 Å². The van der Waals surface area contributed by atoms with E-state index in [9.17, 15) is 0 Å². The Bertz CT molecular complexity index is 972. The lowest BCUT2D eigenvalue weighted by Crippen LogP contribution is -2.46. The summed E-state index contributed by atoms with van der Waals surface area (Å²) in [6.45, 7) is 7.58. The second kappa shape index (κ2) is 8.74. The first kappa shape index (κ1) is 21.3. The van der Waals surface area contributed by atoms with Crippen molar-refractivity contribution in [1.29, 1.82) is 0 Å². The van der Waals surface area contributed by atoms with Crippen molar-refractivity contribution in [2.24, 2.45) is 23.7 Å². The predicted molar refractivity (Wildman–Crippen MR) is 139 cm³/mol. The molecule has 31 heavy (non-hydrogen) atoms. The number of rotatable bonds is 5. The molecule has 164 valence electrons. The summed E-state index contributed by atoms with van der Waals surface area (Å²) in [6.07, 6.45) is 14.8. The van der Waals surface area contributed by atoms with Crippen LogP contribution in [0, 0.1) is 23.7 Å². The molecule has 2 aliphatic carbocycles. The van der Waals surface area contributed by atoms with Gasteiger partial charge < -0.3 is 0 Å². The number of hydrogen-bond acceptors (Lipinski definition) is 0. The summed E-state index contributed by atoms with van der Waals surface area (Å²) in [6, 6.07) is 20.7. The van der Waals surface area contributed by atoms with Crippen LogP contribution in [0.5, 0.6) is 0 Å². The maximum Gasteiger partial charge on any atom is 0.0578 e. The summed E-state index contributed by atoms with van der Waals surface area (Å²) in [5, 5.41) is 2.81. The molecule has 0 aromatic heterocycles. The Hall–Kier alpha value is -1.60. The molecule has 2 fully saturated rings. The summed E-state index contributed by atoms with van der Waals surface area (Å²) < 4.78 is 0. The molecule has 3 aliphatic rings. The molecular formula is C30H40Si. The number of allylic oxidation sites excluding steroid dienone is 4. The lowest BCUT2D eigenvalue weighted by Gasteiger charge is -2.46. The average molecular weight is 429 g/mol. The van der Waals surface area contributed by atoms with Crippen LogP contribution in [0.25, 0.3) is 16.3 Å². The first-order chi connectivity index (χ1) is 15.1. The SMILES string of the molecule is CCC(C)C[Si]1(C2C(C)CC3C(c4cccc5ccccc45)=CC=CC32)CCCCC1. The van der Waals surface area contributed by atoms with Crippen LogP contribution in [0.1, 0.15) is 58.4 Å². The second-order valence-corrected chi connectivity index (χ2v) is 15.9. The van der Waals surface area contributed by atoms with E-state index >= 15 is 0 Å². The molecule has 0 amide bonds. The smallest absolute Gasteiger partial charge is 0.0578 e. The zero-order valence-corrected chi connectivity index (χ0v) is 20.8. The molecular weight excluding hydrogens is 388 g/mol. The van der Waals surface area contributed by atoms with Crippen LogP contribution < -0.4 is 0 Å². The number of hydrogen-bond donors (Lipinski definition) is 0. The third kappa shape index (κ3) is 3.78. The zero-order chi connectivity index (χ0) is 21.4. The van der Waals surface area contributed by atoms with Crippen molar-refractivity contribution in [3.63, 3.8) is 0 Å². The maximum absolute atomic E-state index is 2.65. The Labute approximate surface area is 190 Å². The molecule has 5 rings (SSSR count). The standard InChI is InChI=1S/C30H40Si/c1-4-22(2)21-31(18-8-5-9-19-31)30-23(3)20-29-27(16-11-17-28(29)30)26-15-10-13-24-12-6-7-14-25(24)26/h6-7,10-17,22-23,28-30H,4-5,8-9,18-21H2,1-3H3. The van der Waals surface area contributed by atoms with E-state index in [1.54, 1.807) is 23.7 Å². The maximum atomic E-state index is 2.65. The van der Waals surface area contributed by atoms with Gasteiger partial charge in [0.05, 0.1) is 8.07 Å². The molecule has 2 aromatic rings. The predicted octanol–water partition coefficient (Wildman–Crippen LogP) is 9.11. The molecule has 0 spiro atoms. The fourth-order valence-corrected chi connectivity index (χ4v) is 15.6. The van der Waals surface area contributed by atoms with Crippen molar-refractivity contribution in [2.45, 2.75) is 76.5 Å². The molecule has 0 bridgehead atoms. The first-order valence-corrected chi connectivity index (χ1v) is 15.7. The largest absolute Gasteiger partial charge is 0.0808 e. The van der Waals surface area contributed by atoms with Gasteiger partial charge in [0.1, 0.15) is 0 Å². The quantitative estimate of drug-likeness (QED) is 0.416. The summed E-state index contributed by atoms with van der Waals surface area (Å²) in [7, 11) is -1.27. The van der Waals surface area contributed by atoms with E-state index in [0.29, 0.717) is 0 Å². The van der Waals surface area contributed by atoms with Gasteiger partial charge >= 0.3 is 0 Å². The Kier molecular flexibility index (Phi) is 5.99. The molecule has 0 radical (unpaired) electrons. The second-order valence-electron chi connectivity index (χ2n) is 11.1. The Balaban J connectivity index is 1.52. The van der Waals surface area contributed by atoms with Gasteiger partial charge in [-0.1, -0.05) is 125 Å². The molecule has 5 unspecified atom stereocenters. The van der Waals surface area contributed by atoms with Gasteiger partial charge in [0.25, 0.3) is 0 Å². The zero-order valence-electron chi connectivity index (χ0n) is 19.8. The molecule has 5 atom stereocenters. The van der Waals surface area contributed by atoms with Gasteiger partial charge in [0, 0.05) is 0 Å². The summed E-state index contributed by atoms with van der Waals surface area (Å²) in [5.74, 6) is 3.29. The highest BCUT2D eigenvalue weighted by Gasteiger charge is 2.53. The van der Waals surface area contributed by atoms with Crippen LogP contribution in [-0.2, 0) is 0 Å². The summed E-state index contributed by atoms with van der Waals surface area (Å²) >= 11 is 0. The number of benzene rings is 2. The van der Waals surface area contributed by atoms with Gasteiger partial charge in [-0.15, -0.1) is 0 Å². The third-order valence-electron chi connectivity index (χ3n) is 9.24. The minimum atomic E-state index is -1.27. The molecule has 1 saturated heterocycles. The normalized spacial score (nSPS) is 30.7. The van der Waals surface area contributed by atoms with Crippen molar-refractivity contribution < 1.29 is 0 Å². The van der Waals surface area contributed by atoms with Crippen molar-refractivity contribution >= 4 is 24.4 Å². The van der Waals surface area contributed by atoms with Crippen LogP contribution >= 0.6 is 0 Å². The van der Waals surface area contributed by atoms with Gasteiger partial charge in [0.2, 0.25) is 0 Å². The van der Waals surface area contributed by atoms with Crippen LogP contribution in [0.3, 0.4) is 0 Å². The average Bonchev–Trinajstić information content (AvgIpc) is 3.15.